The van der Waals surface area contributed by atoms with Crippen LogP contribution in [0.15, 0.2) is 0 Å². The molecule has 0 amide bonds. The lowest BCUT2D eigenvalue weighted by Crippen LogP contribution is -2.55. The highest BCUT2D eigenvalue weighted by Crippen LogP contribution is 2.79. The number of hydrogen-bond donors (Lipinski definition) is 1. The van der Waals surface area contributed by atoms with Crippen LogP contribution in [0.5, 0.6) is 0 Å². The Balaban J connectivity index is 1.98. The van der Waals surface area contributed by atoms with Gasteiger partial charge < -0.3 is 5.11 Å². The fourth-order valence-electron chi connectivity index (χ4n) is 5.23. The van der Waals surface area contributed by atoms with E-state index in [4.69, 9.17) is 27.6 Å². The third-order valence-electron chi connectivity index (χ3n) is 5.23. The number of hydrogen-bond acceptors (Lipinski definition) is 2. The highest BCUT2D eigenvalue weighted by molar-refractivity contribution is 8.09. The van der Waals surface area contributed by atoms with Crippen LogP contribution in [-0.4, -0.2) is 16.2 Å². The van der Waals surface area contributed by atoms with E-state index >= 15 is 0 Å². The summed E-state index contributed by atoms with van der Waals surface area (Å²) in [5, 5.41) is 8.63. The van der Waals surface area contributed by atoms with Gasteiger partial charge in [0.25, 0.3) is 5.85 Å². The van der Waals surface area contributed by atoms with Gasteiger partial charge in [0, 0.05) is 0 Å². The second-order valence-corrected chi connectivity index (χ2v) is 12.0. The normalized spacial score (nSPS) is 46.3. The van der Waals surface area contributed by atoms with Gasteiger partial charge in [-0.05, 0) is 78.3 Å². The van der Waals surface area contributed by atoms with Gasteiger partial charge in [-0.2, -0.15) is 0 Å². The zero-order chi connectivity index (χ0) is 13.2. The van der Waals surface area contributed by atoms with E-state index < -0.39 is 17.0 Å². The molecule has 102 valence electrons. The molecular weight excluding hydrogens is 294 g/mol. The summed E-state index contributed by atoms with van der Waals surface area (Å²) >= 11 is 12.1. The maximum absolute atomic E-state index is 12.3. The summed E-state index contributed by atoms with van der Waals surface area (Å²) < 4.78 is 12.3. The van der Waals surface area contributed by atoms with E-state index in [9.17, 15) is 9.36 Å². The molecule has 0 spiro atoms. The van der Waals surface area contributed by atoms with Crippen molar-refractivity contribution in [3.05, 3.63) is 0 Å². The minimum absolute atomic E-state index is 0.176. The Morgan fingerprint density at radius 3 is 2.22 bits per heavy atom. The van der Waals surface area contributed by atoms with Crippen LogP contribution in [0.4, 0.5) is 0 Å². The predicted molar refractivity (Wildman–Crippen MR) is 71.4 cm³/mol. The molecule has 4 atom stereocenters. The zero-order valence-corrected chi connectivity index (χ0v) is 12.5. The average Bonchev–Trinajstić information content (AvgIpc) is 2.10. The van der Waals surface area contributed by atoms with Gasteiger partial charge in [0.05, 0.1) is 11.6 Å². The second kappa shape index (κ2) is 3.90. The lowest BCUT2D eigenvalue weighted by Gasteiger charge is -2.61. The van der Waals surface area contributed by atoms with Crippen molar-refractivity contribution in [1.29, 1.82) is 0 Å². The van der Waals surface area contributed by atoms with Crippen molar-refractivity contribution in [2.24, 2.45) is 17.3 Å². The summed E-state index contributed by atoms with van der Waals surface area (Å²) in [6.45, 7) is 0. The first kappa shape index (κ1) is 13.3. The maximum atomic E-state index is 12.3. The predicted octanol–water partition coefficient (Wildman–Crippen LogP) is 4.47. The molecule has 18 heavy (non-hydrogen) atoms. The van der Waals surface area contributed by atoms with E-state index in [1.807, 2.05) is 0 Å². The number of carbonyl (C=O) groups is 1. The van der Waals surface area contributed by atoms with Crippen LogP contribution in [0.3, 0.4) is 0 Å². The molecule has 1 N–H and O–H groups in total. The van der Waals surface area contributed by atoms with Crippen molar-refractivity contribution in [3.63, 3.8) is 0 Å². The van der Waals surface area contributed by atoms with Gasteiger partial charge in [-0.1, -0.05) is 0 Å². The van der Waals surface area contributed by atoms with Gasteiger partial charge in [0.15, 0.2) is 0 Å². The summed E-state index contributed by atoms with van der Waals surface area (Å²) in [5.41, 5.74) is -0.199. The highest BCUT2D eigenvalue weighted by atomic mass is 35.9. The van der Waals surface area contributed by atoms with Gasteiger partial charge in [-0.25, -0.2) is 0 Å². The van der Waals surface area contributed by atoms with Crippen LogP contribution in [0.2, 0.25) is 0 Å². The summed E-state index contributed by atoms with van der Waals surface area (Å²) in [5.74, 6) is -3.02. The molecule has 0 heterocycles. The Kier molecular flexibility index (Phi) is 2.87. The summed E-state index contributed by atoms with van der Waals surface area (Å²) in [7, 11) is 0. The van der Waals surface area contributed by atoms with Crippen LogP contribution >= 0.6 is 28.3 Å². The second-order valence-electron chi connectivity index (χ2n) is 6.72. The van der Waals surface area contributed by atoms with Crippen molar-refractivity contribution in [1.82, 2.24) is 0 Å². The molecule has 0 radical (unpaired) electrons. The Hall–Kier alpha value is 0.280. The smallest absolute Gasteiger partial charge is 0.303 e. The van der Waals surface area contributed by atoms with Gasteiger partial charge in [0.1, 0.15) is 0 Å². The SMILES string of the molecule is O=C(O)CC12C[C@H]3C[C@@H](C1)CC(P(=O)(Cl)Cl)(C3)C2. The first-order valence-corrected chi connectivity index (χ1v) is 9.97. The van der Waals surface area contributed by atoms with Crippen molar-refractivity contribution >= 4 is 34.3 Å². The van der Waals surface area contributed by atoms with Crippen LogP contribution in [0, 0.1) is 17.3 Å². The fourth-order valence-corrected chi connectivity index (χ4v) is 7.88. The van der Waals surface area contributed by atoms with Crippen LogP contribution in [0.25, 0.3) is 0 Å². The van der Waals surface area contributed by atoms with Gasteiger partial charge in [-0.15, -0.1) is 0 Å². The lowest BCUT2D eigenvalue weighted by molar-refractivity contribution is -0.144. The van der Waals surface area contributed by atoms with Crippen LogP contribution < -0.4 is 0 Å². The quantitative estimate of drug-likeness (QED) is 0.782. The Labute approximate surface area is 116 Å². The molecule has 0 aromatic heterocycles. The summed E-state index contributed by atoms with van der Waals surface area (Å²) in [6, 6.07) is 0. The lowest BCUT2D eigenvalue weighted by atomic mass is 9.48. The van der Waals surface area contributed by atoms with Crippen molar-refractivity contribution in [3.8, 4) is 0 Å². The van der Waals surface area contributed by atoms with Crippen molar-refractivity contribution < 1.29 is 14.5 Å². The molecule has 4 bridgehead atoms. The van der Waals surface area contributed by atoms with E-state index in [2.05, 4.69) is 0 Å². The van der Waals surface area contributed by atoms with E-state index in [1.54, 1.807) is 0 Å². The maximum Gasteiger partial charge on any atom is 0.303 e. The molecule has 2 unspecified atom stereocenters. The summed E-state index contributed by atoms with van der Waals surface area (Å²) in [6.07, 6.45) is 5.51. The van der Waals surface area contributed by atoms with Gasteiger partial charge >= 0.3 is 5.97 Å². The van der Waals surface area contributed by atoms with E-state index in [0.717, 1.165) is 32.1 Å². The molecule has 4 aliphatic rings. The highest BCUT2D eigenvalue weighted by Gasteiger charge is 2.63. The fraction of sp³-hybridized carbons (Fsp3) is 0.917. The number of carboxylic acid groups (broad SMARTS) is 1. The molecule has 3 nitrogen and oxygen atoms in total. The van der Waals surface area contributed by atoms with Crippen molar-refractivity contribution in [2.75, 3.05) is 0 Å². The van der Waals surface area contributed by atoms with E-state index in [0.29, 0.717) is 18.3 Å². The number of aliphatic carboxylic acids is 1. The largest absolute Gasteiger partial charge is 0.481 e. The molecule has 6 heteroatoms. The van der Waals surface area contributed by atoms with E-state index in [1.165, 1.54) is 0 Å². The van der Waals surface area contributed by atoms with Gasteiger partial charge in [0.2, 0.25) is 0 Å². The molecule has 4 fully saturated rings. The molecule has 4 saturated carbocycles. The van der Waals surface area contributed by atoms with Gasteiger partial charge in [-0.3, -0.25) is 9.36 Å². The summed E-state index contributed by atoms with van der Waals surface area (Å²) in [4.78, 5) is 11.1. The average molecular weight is 311 g/mol. The Bertz CT molecular complexity index is 431. The molecule has 0 aromatic rings. The van der Waals surface area contributed by atoms with Crippen LogP contribution in [0.1, 0.15) is 44.9 Å². The monoisotopic (exact) mass is 310 g/mol. The first-order chi connectivity index (χ1) is 8.24. The Morgan fingerprint density at radius 1 is 1.22 bits per heavy atom. The number of halogens is 2. The third kappa shape index (κ3) is 1.94. The number of carboxylic acids is 1. The molecule has 4 aliphatic carbocycles. The number of rotatable bonds is 3. The standard InChI is InChI=1S/C12H17Cl2O3P/c13-18(14,17)12-4-8-1-9(5-12)3-11(2-8,7-12)6-10(15)16/h8-9H,1-7H2,(H,15,16)/t8-,9+,11?,12?. The third-order valence-corrected chi connectivity index (χ3v) is 9.01. The molecule has 4 rings (SSSR count). The Morgan fingerprint density at radius 2 is 1.78 bits per heavy atom. The molecule has 0 saturated heterocycles. The minimum atomic E-state index is -3.20. The van der Waals surface area contributed by atoms with Crippen LogP contribution in [-0.2, 0) is 9.36 Å². The van der Waals surface area contributed by atoms with E-state index in [-0.39, 0.29) is 11.8 Å². The zero-order valence-electron chi connectivity index (χ0n) is 10.1. The molecular formula is C12H17Cl2O3P. The topological polar surface area (TPSA) is 54.4 Å². The minimum Gasteiger partial charge on any atom is -0.481 e. The molecule has 0 aromatic carbocycles. The van der Waals surface area contributed by atoms with Crippen molar-refractivity contribution in [2.45, 2.75) is 50.1 Å². The first-order valence-electron chi connectivity index (χ1n) is 6.45. The molecule has 0 aliphatic heterocycles.